The fourth-order valence-corrected chi connectivity index (χ4v) is 4.14. The first kappa shape index (κ1) is 24.0. The van der Waals surface area contributed by atoms with E-state index >= 15 is 0 Å². The number of ether oxygens (including phenoxy) is 1. The minimum absolute atomic E-state index is 0.145. The molecule has 172 valence electrons. The van der Waals surface area contributed by atoms with Gasteiger partial charge in [0, 0.05) is 11.5 Å². The summed E-state index contributed by atoms with van der Waals surface area (Å²) < 4.78 is 49.2. The first-order valence-corrected chi connectivity index (χ1v) is 12.8. The van der Waals surface area contributed by atoms with Crippen molar-refractivity contribution in [3.63, 3.8) is 0 Å². The zero-order valence-corrected chi connectivity index (χ0v) is 18.5. The number of halogens is 3. The quantitative estimate of drug-likeness (QED) is 0.345. The van der Waals surface area contributed by atoms with Crippen molar-refractivity contribution in [2.24, 2.45) is 0 Å². The van der Waals surface area contributed by atoms with Gasteiger partial charge in [-0.3, -0.25) is 0 Å². The van der Waals surface area contributed by atoms with Gasteiger partial charge in [-0.15, -0.1) is 0 Å². The van der Waals surface area contributed by atoms with Crippen LogP contribution in [0.3, 0.4) is 0 Å². The van der Waals surface area contributed by atoms with Gasteiger partial charge in [-0.2, -0.15) is 13.2 Å². The standard InChI is InChI=1S/C22H24F3NO5Si/c1-32(28,29)11-5-3-2-4-10-30-20-13-16-12-18(21(27)31-19(16)14-26-20)15-6-8-17(9-7-15)22(23,24)25/h6-9,12-14,28-29H,2-5,10-11H2,1H3. The highest BCUT2D eigenvalue weighted by molar-refractivity contribution is 6.63. The molecule has 0 fully saturated rings. The van der Waals surface area contributed by atoms with Crippen LogP contribution in [0.1, 0.15) is 31.2 Å². The summed E-state index contributed by atoms with van der Waals surface area (Å²) in [5, 5.41) is 0.541. The highest BCUT2D eigenvalue weighted by Gasteiger charge is 2.30. The van der Waals surface area contributed by atoms with Gasteiger partial charge >= 0.3 is 20.4 Å². The van der Waals surface area contributed by atoms with Crippen LogP contribution in [0.4, 0.5) is 13.2 Å². The number of hydrogen-bond donors (Lipinski definition) is 2. The van der Waals surface area contributed by atoms with Crippen LogP contribution in [0, 0.1) is 0 Å². The third kappa shape index (κ3) is 6.65. The first-order valence-electron chi connectivity index (χ1n) is 10.2. The van der Waals surface area contributed by atoms with Crippen molar-refractivity contribution in [3.05, 3.63) is 58.6 Å². The van der Waals surface area contributed by atoms with Gasteiger partial charge in [-0.1, -0.05) is 31.4 Å². The van der Waals surface area contributed by atoms with Gasteiger partial charge in [0.25, 0.3) is 0 Å². The highest BCUT2D eigenvalue weighted by Crippen LogP contribution is 2.31. The van der Waals surface area contributed by atoms with E-state index in [2.05, 4.69) is 4.98 Å². The minimum Gasteiger partial charge on any atom is -0.478 e. The van der Waals surface area contributed by atoms with Crippen molar-refractivity contribution in [2.75, 3.05) is 6.61 Å². The topological polar surface area (TPSA) is 92.8 Å². The number of pyridine rings is 1. The number of benzene rings is 1. The molecule has 0 bridgehead atoms. The summed E-state index contributed by atoms with van der Waals surface area (Å²) in [4.78, 5) is 35.2. The fourth-order valence-electron chi connectivity index (χ4n) is 3.22. The Kier molecular flexibility index (Phi) is 7.37. The van der Waals surface area contributed by atoms with Crippen LogP contribution >= 0.6 is 0 Å². The van der Waals surface area contributed by atoms with Crippen molar-refractivity contribution < 1.29 is 31.9 Å². The van der Waals surface area contributed by atoms with E-state index in [-0.39, 0.29) is 11.1 Å². The molecule has 0 radical (unpaired) electrons. The summed E-state index contributed by atoms with van der Waals surface area (Å²) in [6.45, 7) is 1.92. The Bertz CT molecular complexity index is 1110. The molecule has 0 unspecified atom stereocenters. The number of fused-ring (bicyclic) bond motifs is 1. The normalized spacial score (nSPS) is 12.3. The molecule has 3 rings (SSSR count). The van der Waals surface area contributed by atoms with Crippen molar-refractivity contribution in [2.45, 2.75) is 44.5 Å². The largest absolute Gasteiger partial charge is 0.478 e. The van der Waals surface area contributed by atoms with E-state index in [1.807, 2.05) is 0 Å². The summed E-state index contributed by atoms with van der Waals surface area (Å²) in [6.07, 6.45) is 0.205. The second-order valence-electron chi connectivity index (χ2n) is 7.81. The van der Waals surface area contributed by atoms with Gasteiger partial charge in [0.05, 0.1) is 23.9 Å². The highest BCUT2D eigenvalue weighted by atomic mass is 28.4. The lowest BCUT2D eigenvalue weighted by Crippen LogP contribution is -2.29. The maximum Gasteiger partial charge on any atom is 0.416 e. The van der Waals surface area contributed by atoms with Crippen LogP contribution < -0.4 is 10.4 Å². The number of unbranched alkanes of at least 4 members (excludes halogenated alkanes) is 3. The molecule has 0 saturated heterocycles. The molecular weight excluding hydrogens is 443 g/mol. The zero-order valence-electron chi connectivity index (χ0n) is 17.5. The number of aromatic nitrogens is 1. The molecule has 32 heavy (non-hydrogen) atoms. The Labute approximate surface area is 183 Å². The molecular formula is C22H24F3NO5Si. The lowest BCUT2D eigenvalue weighted by Gasteiger charge is -2.11. The molecule has 0 aliphatic rings. The lowest BCUT2D eigenvalue weighted by atomic mass is 10.0. The average Bonchev–Trinajstić information content (AvgIpc) is 2.71. The molecule has 0 aliphatic carbocycles. The smallest absolute Gasteiger partial charge is 0.416 e. The van der Waals surface area contributed by atoms with Crippen LogP contribution in [-0.2, 0) is 6.18 Å². The summed E-state index contributed by atoms with van der Waals surface area (Å²) in [7, 11) is -2.97. The Morgan fingerprint density at radius 2 is 1.75 bits per heavy atom. The van der Waals surface area contributed by atoms with Crippen LogP contribution in [-0.4, -0.2) is 29.7 Å². The second kappa shape index (κ2) is 9.84. The van der Waals surface area contributed by atoms with Gasteiger partial charge in [0.2, 0.25) is 5.88 Å². The van der Waals surface area contributed by atoms with Gasteiger partial charge in [0.1, 0.15) is 0 Å². The minimum atomic E-state index is -4.45. The van der Waals surface area contributed by atoms with Crippen LogP contribution in [0.2, 0.25) is 12.6 Å². The van der Waals surface area contributed by atoms with E-state index in [9.17, 15) is 27.6 Å². The van der Waals surface area contributed by atoms with Crippen molar-refractivity contribution >= 4 is 19.5 Å². The van der Waals surface area contributed by atoms with E-state index in [1.54, 1.807) is 12.1 Å². The molecule has 10 heteroatoms. The number of rotatable bonds is 9. The van der Waals surface area contributed by atoms with Crippen LogP contribution in [0.5, 0.6) is 5.88 Å². The second-order valence-corrected chi connectivity index (χ2v) is 10.7. The molecule has 1 aromatic carbocycles. The number of alkyl halides is 3. The molecule has 0 spiro atoms. The molecule has 0 saturated carbocycles. The van der Waals surface area contributed by atoms with Gasteiger partial charge < -0.3 is 18.7 Å². The van der Waals surface area contributed by atoms with Gasteiger partial charge in [0.15, 0.2) is 5.58 Å². The lowest BCUT2D eigenvalue weighted by molar-refractivity contribution is -0.137. The Hall–Kier alpha value is -2.69. The summed E-state index contributed by atoms with van der Waals surface area (Å²) in [5.41, 5.74) is -0.754. The summed E-state index contributed by atoms with van der Waals surface area (Å²) >= 11 is 0. The molecule has 2 N–H and O–H groups in total. The monoisotopic (exact) mass is 467 g/mol. The van der Waals surface area contributed by atoms with Crippen molar-refractivity contribution in [1.82, 2.24) is 4.98 Å². The Morgan fingerprint density at radius 3 is 2.41 bits per heavy atom. The predicted octanol–water partition coefficient (Wildman–Crippen LogP) is 4.87. The fraction of sp³-hybridized carbons (Fsp3) is 0.364. The van der Waals surface area contributed by atoms with E-state index in [1.165, 1.54) is 24.9 Å². The van der Waals surface area contributed by atoms with Crippen LogP contribution in [0.15, 0.2) is 51.8 Å². The van der Waals surface area contributed by atoms with E-state index in [0.29, 0.717) is 29.5 Å². The third-order valence-electron chi connectivity index (χ3n) is 4.91. The number of nitrogens with zero attached hydrogens (tertiary/aromatic N) is 1. The van der Waals surface area contributed by atoms with E-state index < -0.39 is 25.9 Å². The molecule has 0 atom stereocenters. The molecule has 6 nitrogen and oxygen atoms in total. The zero-order chi connectivity index (χ0) is 23.4. The maximum absolute atomic E-state index is 12.8. The van der Waals surface area contributed by atoms with Crippen LogP contribution in [0.25, 0.3) is 22.1 Å². The van der Waals surface area contributed by atoms with Gasteiger partial charge in [-0.05, 0) is 42.8 Å². The number of hydrogen-bond acceptors (Lipinski definition) is 6. The molecule has 2 aromatic heterocycles. The molecule has 3 aromatic rings. The van der Waals surface area contributed by atoms with Crippen molar-refractivity contribution in [3.8, 4) is 17.0 Å². The molecule has 0 amide bonds. The first-order chi connectivity index (χ1) is 15.0. The Balaban J connectivity index is 1.65. The summed E-state index contributed by atoms with van der Waals surface area (Å²) in [6, 6.07) is 7.92. The predicted molar refractivity (Wildman–Crippen MR) is 116 cm³/mol. The van der Waals surface area contributed by atoms with Gasteiger partial charge in [-0.25, -0.2) is 9.78 Å². The molecule has 2 heterocycles. The third-order valence-corrected chi connectivity index (χ3v) is 6.21. The molecule has 0 aliphatic heterocycles. The average molecular weight is 468 g/mol. The Morgan fingerprint density at radius 1 is 1.06 bits per heavy atom. The van der Waals surface area contributed by atoms with E-state index in [4.69, 9.17) is 9.15 Å². The SMILES string of the molecule is C[Si](O)(O)CCCCCCOc1cc2cc(-c3ccc(C(F)(F)F)cc3)c(=O)oc2cn1. The summed E-state index contributed by atoms with van der Waals surface area (Å²) in [5.74, 6) is 0.343. The van der Waals surface area contributed by atoms with E-state index in [0.717, 1.165) is 37.8 Å². The van der Waals surface area contributed by atoms with Crippen molar-refractivity contribution in [1.29, 1.82) is 0 Å². The maximum atomic E-state index is 12.8.